The Bertz CT molecular complexity index is 931. The van der Waals surface area contributed by atoms with E-state index in [9.17, 15) is 13.4 Å². The van der Waals surface area contributed by atoms with Crippen molar-refractivity contribution in [2.24, 2.45) is 0 Å². The zero-order valence-corrected chi connectivity index (χ0v) is 19.5. The smallest absolute Gasteiger partial charge is 0.183 e. The van der Waals surface area contributed by atoms with E-state index >= 15 is 0 Å². The van der Waals surface area contributed by atoms with Crippen molar-refractivity contribution in [1.82, 2.24) is 9.97 Å². The number of rotatable bonds is 6. The van der Waals surface area contributed by atoms with E-state index < -0.39 is 10.8 Å². The van der Waals surface area contributed by atoms with Crippen LogP contribution < -0.4 is 5.32 Å². The Labute approximate surface area is 184 Å². The maximum Gasteiger partial charge on any atom is 0.183 e. The predicted molar refractivity (Wildman–Crippen MR) is 123 cm³/mol. The van der Waals surface area contributed by atoms with Crippen LogP contribution in [0.1, 0.15) is 55.4 Å². The Morgan fingerprint density at radius 2 is 1.83 bits per heavy atom. The number of carbonyl (C=O) groups excluding carboxylic acids is 1. The zero-order valence-electron chi connectivity index (χ0n) is 17.9. The highest BCUT2D eigenvalue weighted by Crippen LogP contribution is 2.32. The van der Waals surface area contributed by atoms with E-state index in [2.05, 4.69) is 15.3 Å². The average Bonchev–Trinajstić information content (AvgIpc) is 3.23. The summed E-state index contributed by atoms with van der Waals surface area (Å²) in [5.74, 6) is 0.0517. The number of thiazole rings is 1. The normalized spacial score (nSPS) is 10.9. The van der Waals surface area contributed by atoms with E-state index in [0.717, 1.165) is 21.3 Å². The van der Waals surface area contributed by atoms with Crippen molar-refractivity contribution < 1.29 is 13.4 Å². The molecule has 162 valence electrons. The van der Waals surface area contributed by atoms with E-state index in [0.29, 0.717) is 11.3 Å². The van der Waals surface area contributed by atoms with Crippen LogP contribution in [0.15, 0.2) is 52.9 Å². The topological polar surface area (TPSA) is 72.0 Å². The number of hydrogen-bond acceptors (Lipinski definition) is 6. The number of hydrogen-bond donors (Lipinski definition) is 1. The summed E-state index contributed by atoms with van der Waals surface area (Å²) in [7, 11) is 0.503. The highest BCUT2D eigenvalue weighted by molar-refractivity contribution is 7.86. The molecule has 1 atom stereocenters. The molecule has 0 aliphatic heterocycles. The Kier molecular flexibility index (Phi) is 11.7. The molecule has 30 heavy (non-hydrogen) atoms. The fraction of sp³-hybridized carbons (Fsp3) is 0.318. The summed E-state index contributed by atoms with van der Waals surface area (Å²) in [5.41, 5.74) is 1.78. The predicted octanol–water partition coefficient (Wildman–Crippen LogP) is 5.68. The van der Waals surface area contributed by atoms with Gasteiger partial charge in [-0.1, -0.05) is 63.3 Å². The molecule has 0 fully saturated rings. The molecule has 0 spiro atoms. The fourth-order valence-electron chi connectivity index (χ4n) is 2.22. The molecule has 1 aromatic carbocycles. The van der Waals surface area contributed by atoms with Gasteiger partial charge in [0.15, 0.2) is 11.4 Å². The number of pyridine rings is 1. The molecule has 1 unspecified atom stereocenters. The maximum atomic E-state index is 13.6. The van der Waals surface area contributed by atoms with E-state index in [-0.39, 0.29) is 17.5 Å². The molecule has 0 saturated carbocycles. The van der Waals surface area contributed by atoms with Crippen molar-refractivity contribution in [2.75, 3.05) is 12.4 Å². The zero-order chi connectivity index (χ0) is 22.5. The quantitative estimate of drug-likeness (QED) is 0.491. The molecule has 8 heteroatoms. The third-order valence-corrected chi connectivity index (χ3v) is 6.53. The summed E-state index contributed by atoms with van der Waals surface area (Å²) in [6.45, 7) is 8.02. The third kappa shape index (κ3) is 7.76. The molecule has 0 aliphatic carbocycles. The first-order chi connectivity index (χ1) is 14.5. The van der Waals surface area contributed by atoms with Crippen molar-refractivity contribution >= 4 is 33.6 Å². The molecule has 3 aromatic rings. The van der Waals surface area contributed by atoms with Crippen molar-refractivity contribution in [2.45, 2.75) is 43.6 Å². The van der Waals surface area contributed by atoms with Gasteiger partial charge in [-0.15, -0.1) is 0 Å². The van der Waals surface area contributed by atoms with E-state index in [4.69, 9.17) is 0 Å². The molecular weight excluding hydrogens is 421 g/mol. The molecule has 5 nitrogen and oxygen atoms in total. The number of aldehydes is 1. The minimum absolute atomic E-state index is 0.178. The summed E-state index contributed by atoms with van der Waals surface area (Å²) in [4.78, 5) is 18.1. The first-order valence-corrected chi connectivity index (χ1v) is 11.8. The Morgan fingerprint density at radius 3 is 2.33 bits per heavy atom. The van der Waals surface area contributed by atoms with Crippen LogP contribution in [0.5, 0.6) is 0 Å². The van der Waals surface area contributed by atoms with Gasteiger partial charge in [-0.2, -0.15) is 0 Å². The minimum Gasteiger partial charge on any atom is -0.365 e. The van der Waals surface area contributed by atoms with Gasteiger partial charge in [0.1, 0.15) is 15.7 Å². The van der Waals surface area contributed by atoms with Crippen LogP contribution in [0.2, 0.25) is 0 Å². The number of anilines is 1. The number of nitrogens with one attached hydrogen (secondary N) is 1. The number of halogens is 1. The number of nitrogens with zero attached hydrogens (tertiary/aromatic N) is 2. The van der Waals surface area contributed by atoms with Gasteiger partial charge >= 0.3 is 0 Å². The molecule has 0 saturated heterocycles. The second-order valence-corrected chi connectivity index (χ2v) is 8.70. The highest BCUT2D eigenvalue weighted by Gasteiger charge is 2.20. The first-order valence-electron chi connectivity index (χ1n) is 9.62. The number of aromatic nitrogens is 2. The first kappa shape index (κ1) is 25.6. The number of benzene rings is 1. The van der Waals surface area contributed by atoms with Crippen molar-refractivity contribution in [3.63, 3.8) is 0 Å². The van der Waals surface area contributed by atoms with Crippen molar-refractivity contribution in [1.29, 1.82) is 0 Å². The van der Waals surface area contributed by atoms with Crippen molar-refractivity contribution in [3.05, 3.63) is 71.4 Å². The average molecular weight is 450 g/mol. The van der Waals surface area contributed by atoms with E-state index in [1.54, 1.807) is 49.6 Å². The summed E-state index contributed by atoms with van der Waals surface area (Å²) in [5, 5.41) is 3.71. The van der Waals surface area contributed by atoms with Gasteiger partial charge in [0.2, 0.25) is 0 Å². The molecule has 1 N–H and O–H groups in total. The van der Waals surface area contributed by atoms with E-state index in [1.165, 1.54) is 17.4 Å². The lowest BCUT2D eigenvalue weighted by molar-refractivity contribution is 0.111. The molecular formula is C22H28FN3O2S2. The van der Waals surface area contributed by atoms with Crippen LogP contribution in [0.3, 0.4) is 0 Å². The molecule has 2 heterocycles. The van der Waals surface area contributed by atoms with Gasteiger partial charge in [0.25, 0.3) is 0 Å². The molecule has 3 rings (SSSR count). The summed E-state index contributed by atoms with van der Waals surface area (Å²) in [6, 6.07) is 11.7. The van der Waals surface area contributed by atoms with Crippen LogP contribution >= 0.6 is 11.3 Å². The fourth-order valence-corrected chi connectivity index (χ4v) is 4.98. The van der Waals surface area contributed by atoms with Gasteiger partial charge < -0.3 is 5.32 Å². The van der Waals surface area contributed by atoms with Gasteiger partial charge in [-0.25, -0.2) is 9.37 Å². The van der Waals surface area contributed by atoms with Crippen LogP contribution in [0.4, 0.5) is 9.52 Å². The van der Waals surface area contributed by atoms with Gasteiger partial charge in [0.05, 0.1) is 22.2 Å². The molecule has 0 aliphatic rings. The summed E-state index contributed by atoms with van der Waals surface area (Å²) >= 11 is 1.38. The Balaban J connectivity index is 0.000000375. The Morgan fingerprint density at radius 1 is 1.17 bits per heavy atom. The van der Waals surface area contributed by atoms with Gasteiger partial charge in [-0.05, 0) is 24.1 Å². The van der Waals surface area contributed by atoms with Crippen LogP contribution in [0, 0.1) is 5.82 Å². The van der Waals surface area contributed by atoms with Crippen molar-refractivity contribution in [3.8, 4) is 0 Å². The largest absolute Gasteiger partial charge is 0.365 e. The summed E-state index contributed by atoms with van der Waals surface area (Å²) in [6.07, 6.45) is 2.31. The maximum absolute atomic E-state index is 13.6. The monoisotopic (exact) mass is 449 g/mol. The molecule has 2 aromatic heterocycles. The van der Waals surface area contributed by atoms with E-state index in [1.807, 2.05) is 27.7 Å². The third-order valence-electron chi connectivity index (χ3n) is 3.64. The lowest BCUT2D eigenvalue weighted by Gasteiger charge is -2.06. The number of carbonyl (C=O) groups is 1. The van der Waals surface area contributed by atoms with Crippen LogP contribution in [-0.2, 0) is 16.6 Å². The second-order valence-electron chi connectivity index (χ2n) is 6.05. The SMILES string of the molecule is CC.CNc1nc(C(C)C)c(S(=O)Cc2ccccc2F)s1.O=Cc1ccccn1. The lowest BCUT2D eigenvalue weighted by Crippen LogP contribution is -2.01. The molecule has 0 radical (unpaired) electrons. The second kappa shape index (κ2) is 13.7. The summed E-state index contributed by atoms with van der Waals surface area (Å²) < 4.78 is 26.9. The minimum atomic E-state index is -1.28. The lowest BCUT2D eigenvalue weighted by atomic mass is 10.2. The van der Waals surface area contributed by atoms with Crippen LogP contribution in [0.25, 0.3) is 0 Å². The standard InChI is InChI=1S/C14H17FN2OS2.C6H5NO.C2H6/c1-9(2)12-13(19-14(16-3)17-12)20(18)8-10-6-4-5-7-11(10)15;8-5-6-3-1-2-4-7-6;1-2/h4-7,9H,8H2,1-3H3,(H,16,17);1-5H;1-2H3. The van der Waals surface area contributed by atoms with Crippen LogP contribution in [-0.4, -0.2) is 27.5 Å². The van der Waals surface area contributed by atoms with Gasteiger partial charge in [0, 0.05) is 18.8 Å². The van der Waals surface area contributed by atoms with Gasteiger partial charge in [-0.3, -0.25) is 14.0 Å². The molecule has 0 amide bonds. The highest BCUT2D eigenvalue weighted by atomic mass is 32.2. The Hall–Kier alpha value is -2.45. The molecule has 0 bridgehead atoms.